The first-order chi connectivity index (χ1) is 9.90. The molecule has 5 nitrogen and oxygen atoms in total. The average Bonchev–Trinajstić information content (AvgIpc) is 2.48. The van der Waals surface area contributed by atoms with Crippen LogP contribution in [0, 0.1) is 17.5 Å². The van der Waals surface area contributed by atoms with Gasteiger partial charge in [0.1, 0.15) is 0 Å². The van der Waals surface area contributed by atoms with Gasteiger partial charge in [-0.15, -0.1) is 0 Å². The zero-order chi connectivity index (χ0) is 15.6. The highest BCUT2D eigenvalue weighted by Gasteiger charge is 2.23. The van der Waals surface area contributed by atoms with Crippen LogP contribution in [-0.4, -0.2) is 47.9 Å². The fourth-order valence-electron chi connectivity index (χ4n) is 2.04. The summed E-state index contributed by atoms with van der Waals surface area (Å²) < 4.78 is 39.3. The van der Waals surface area contributed by atoms with Gasteiger partial charge < -0.3 is 15.1 Å². The van der Waals surface area contributed by atoms with Gasteiger partial charge in [0.25, 0.3) is 0 Å². The van der Waals surface area contributed by atoms with Crippen molar-refractivity contribution in [2.75, 3.05) is 31.5 Å². The second kappa shape index (κ2) is 6.02. The summed E-state index contributed by atoms with van der Waals surface area (Å²) in [4.78, 5) is 26.0. The largest absolute Gasteiger partial charge is 0.339 e. The van der Waals surface area contributed by atoms with Gasteiger partial charge in [0.15, 0.2) is 17.5 Å². The number of anilines is 1. The number of nitrogens with zero attached hydrogens (tertiary/aromatic N) is 2. The summed E-state index contributed by atoms with van der Waals surface area (Å²) in [6.07, 6.45) is 0. The Kier molecular flexibility index (Phi) is 4.35. The molecule has 0 saturated carbocycles. The van der Waals surface area contributed by atoms with Gasteiger partial charge in [-0.05, 0) is 12.1 Å². The first-order valence-corrected chi connectivity index (χ1v) is 6.35. The van der Waals surface area contributed by atoms with Gasteiger partial charge in [-0.1, -0.05) is 0 Å². The molecule has 0 aromatic heterocycles. The molecule has 1 N–H and O–H groups in total. The van der Waals surface area contributed by atoms with Crippen LogP contribution in [0.25, 0.3) is 0 Å². The predicted octanol–water partition coefficient (Wildman–Crippen LogP) is 1.80. The fourth-order valence-corrected chi connectivity index (χ4v) is 2.04. The average molecular weight is 301 g/mol. The number of amides is 3. The molecule has 1 saturated heterocycles. The summed E-state index contributed by atoms with van der Waals surface area (Å²) in [6.45, 7) is 2.77. The molecule has 21 heavy (non-hydrogen) atoms. The van der Waals surface area contributed by atoms with Crippen molar-refractivity contribution in [3.05, 3.63) is 29.6 Å². The van der Waals surface area contributed by atoms with E-state index < -0.39 is 29.2 Å². The second-order valence-corrected chi connectivity index (χ2v) is 4.65. The first kappa shape index (κ1) is 15.1. The smallest absolute Gasteiger partial charge is 0.322 e. The lowest BCUT2D eigenvalue weighted by atomic mass is 10.2. The number of benzene rings is 1. The molecule has 0 aliphatic carbocycles. The van der Waals surface area contributed by atoms with E-state index in [0.717, 1.165) is 12.1 Å². The third kappa shape index (κ3) is 3.26. The van der Waals surface area contributed by atoms with Crippen molar-refractivity contribution in [3.63, 3.8) is 0 Å². The normalized spacial score (nSPS) is 15.0. The van der Waals surface area contributed by atoms with Crippen LogP contribution in [0.3, 0.4) is 0 Å². The number of hydrogen-bond acceptors (Lipinski definition) is 2. The Morgan fingerprint density at radius 1 is 1.00 bits per heavy atom. The van der Waals surface area contributed by atoms with Crippen LogP contribution in [0.2, 0.25) is 0 Å². The van der Waals surface area contributed by atoms with Gasteiger partial charge in [0, 0.05) is 33.1 Å². The fraction of sp³-hybridized carbons (Fsp3) is 0.385. The van der Waals surface area contributed by atoms with Crippen molar-refractivity contribution < 1.29 is 22.8 Å². The number of urea groups is 1. The molecule has 1 heterocycles. The molecule has 0 unspecified atom stereocenters. The molecule has 0 spiro atoms. The molecule has 114 valence electrons. The Morgan fingerprint density at radius 2 is 1.57 bits per heavy atom. The Morgan fingerprint density at radius 3 is 2.14 bits per heavy atom. The Labute approximate surface area is 119 Å². The molecule has 1 aliphatic heterocycles. The quantitative estimate of drug-likeness (QED) is 0.804. The molecular weight excluding hydrogens is 287 g/mol. The van der Waals surface area contributed by atoms with E-state index in [2.05, 4.69) is 5.32 Å². The first-order valence-electron chi connectivity index (χ1n) is 6.35. The summed E-state index contributed by atoms with van der Waals surface area (Å²) in [5.41, 5.74) is -0.423. The van der Waals surface area contributed by atoms with Crippen molar-refractivity contribution in [1.29, 1.82) is 0 Å². The van der Waals surface area contributed by atoms with Crippen molar-refractivity contribution in [3.8, 4) is 0 Å². The number of halogens is 3. The van der Waals surface area contributed by atoms with Crippen LogP contribution < -0.4 is 5.32 Å². The van der Waals surface area contributed by atoms with Crippen LogP contribution in [0.5, 0.6) is 0 Å². The van der Waals surface area contributed by atoms with E-state index in [1.54, 1.807) is 4.90 Å². The van der Waals surface area contributed by atoms with E-state index in [-0.39, 0.29) is 19.0 Å². The highest BCUT2D eigenvalue weighted by molar-refractivity contribution is 5.89. The van der Waals surface area contributed by atoms with E-state index in [1.165, 1.54) is 11.8 Å². The van der Waals surface area contributed by atoms with E-state index in [1.807, 2.05) is 0 Å². The maximum Gasteiger partial charge on any atom is 0.322 e. The van der Waals surface area contributed by atoms with Crippen LogP contribution in [0.1, 0.15) is 6.92 Å². The topological polar surface area (TPSA) is 52.7 Å². The van der Waals surface area contributed by atoms with Gasteiger partial charge in [0.2, 0.25) is 5.91 Å². The number of rotatable bonds is 1. The minimum absolute atomic E-state index is 0.0818. The number of piperazine rings is 1. The number of carbonyl (C=O) groups excluding carboxylic acids is 2. The molecule has 0 atom stereocenters. The number of carbonyl (C=O) groups is 2. The van der Waals surface area contributed by atoms with Gasteiger partial charge in [-0.25, -0.2) is 18.0 Å². The molecule has 1 aliphatic rings. The van der Waals surface area contributed by atoms with E-state index in [0.29, 0.717) is 13.1 Å². The molecule has 3 amide bonds. The zero-order valence-electron chi connectivity index (χ0n) is 11.3. The van der Waals surface area contributed by atoms with Crippen molar-refractivity contribution >= 4 is 17.6 Å². The molecule has 2 rings (SSSR count). The van der Waals surface area contributed by atoms with Crippen molar-refractivity contribution in [1.82, 2.24) is 9.80 Å². The number of hydrogen-bond donors (Lipinski definition) is 1. The van der Waals surface area contributed by atoms with Crippen LogP contribution in [-0.2, 0) is 4.79 Å². The lowest BCUT2D eigenvalue weighted by Gasteiger charge is -2.34. The minimum atomic E-state index is -1.63. The van der Waals surface area contributed by atoms with Crippen LogP contribution >= 0.6 is 0 Å². The third-order valence-corrected chi connectivity index (χ3v) is 3.29. The summed E-state index contributed by atoms with van der Waals surface area (Å²) in [7, 11) is 0. The summed E-state index contributed by atoms with van der Waals surface area (Å²) in [5, 5.41) is 2.19. The van der Waals surface area contributed by atoms with E-state index >= 15 is 0 Å². The van der Waals surface area contributed by atoms with E-state index in [9.17, 15) is 22.8 Å². The highest BCUT2D eigenvalue weighted by atomic mass is 19.2. The zero-order valence-corrected chi connectivity index (χ0v) is 11.3. The monoisotopic (exact) mass is 301 g/mol. The van der Waals surface area contributed by atoms with E-state index in [4.69, 9.17) is 0 Å². The third-order valence-electron chi connectivity index (χ3n) is 3.29. The standard InChI is InChI=1S/C13H14F3N3O2/c1-8(20)18-4-6-19(7-5-18)13(21)17-10-3-2-9(14)11(15)12(10)16/h2-3H,4-7H2,1H3,(H,17,21). The lowest BCUT2D eigenvalue weighted by molar-refractivity contribution is -0.130. The molecule has 8 heteroatoms. The summed E-state index contributed by atoms with van der Waals surface area (Å²) in [5.74, 6) is -4.47. The van der Waals surface area contributed by atoms with Crippen LogP contribution in [0.4, 0.5) is 23.7 Å². The predicted molar refractivity (Wildman–Crippen MR) is 69.2 cm³/mol. The Hall–Kier alpha value is -2.25. The second-order valence-electron chi connectivity index (χ2n) is 4.65. The highest BCUT2D eigenvalue weighted by Crippen LogP contribution is 2.20. The molecule has 1 fully saturated rings. The van der Waals surface area contributed by atoms with Crippen LogP contribution in [0.15, 0.2) is 12.1 Å². The lowest BCUT2D eigenvalue weighted by Crippen LogP contribution is -2.51. The van der Waals surface area contributed by atoms with Gasteiger partial charge in [-0.2, -0.15) is 0 Å². The van der Waals surface area contributed by atoms with Gasteiger partial charge in [0.05, 0.1) is 5.69 Å². The summed E-state index contributed by atoms with van der Waals surface area (Å²) >= 11 is 0. The molecular formula is C13H14F3N3O2. The molecule has 1 aromatic carbocycles. The minimum Gasteiger partial charge on any atom is -0.339 e. The maximum atomic E-state index is 13.5. The maximum absolute atomic E-state index is 13.5. The van der Waals surface area contributed by atoms with Crippen molar-refractivity contribution in [2.45, 2.75) is 6.92 Å². The molecule has 1 aromatic rings. The van der Waals surface area contributed by atoms with Gasteiger partial charge >= 0.3 is 6.03 Å². The van der Waals surface area contributed by atoms with Crippen molar-refractivity contribution in [2.24, 2.45) is 0 Å². The Balaban J connectivity index is 2.00. The Bertz CT molecular complexity index is 572. The molecule has 0 bridgehead atoms. The SMILES string of the molecule is CC(=O)N1CCN(C(=O)Nc2ccc(F)c(F)c2F)CC1. The van der Waals surface area contributed by atoms with Gasteiger partial charge in [-0.3, -0.25) is 4.79 Å². The summed E-state index contributed by atoms with van der Waals surface area (Å²) in [6, 6.07) is 1.07. The number of nitrogens with one attached hydrogen (secondary N) is 1. The molecule has 0 radical (unpaired) electrons.